The first kappa shape index (κ1) is 17.6. The molecule has 134 valence electrons. The molecular formula is C19H21N5O2. The summed E-state index contributed by atoms with van der Waals surface area (Å²) in [6.07, 6.45) is 3.99. The smallest absolute Gasteiger partial charge is 0.217 e. The Labute approximate surface area is 152 Å². The molecule has 2 heterocycles. The zero-order chi connectivity index (χ0) is 18.5. The Bertz CT molecular complexity index is 875. The Kier molecular flexibility index (Phi) is 5.26. The molecule has 3 aromatic rings. The fourth-order valence-electron chi connectivity index (χ4n) is 2.69. The molecule has 0 fully saturated rings. The van der Waals surface area contributed by atoms with Crippen molar-refractivity contribution in [3.05, 3.63) is 66.0 Å². The van der Waals surface area contributed by atoms with Gasteiger partial charge < -0.3 is 10.1 Å². The predicted molar refractivity (Wildman–Crippen MR) is 97.2 cm³/mol. The van der Waals surface area contributed by atoms with Gasteiger partial charge in [-0.05, 0) is 36.8 Å². The first-order valence-electron chi connectivity index (χ1n) is 8.33. The van der Waals surface area contributed by atoms with Crippen molar-refractivity contribution in [3.8, 4) is 11.4 Å². The van der Waals surface area contributed by atoms with Crippen molar-refractivity contribution < 1.29 is 9.53 Å². The van der Waals surface area contributed by atoms with Gasteiger partial charge in [0.05, 0.1) is 18.8 Å². The van der Waals surface area contributed by atoms with Crippen molar-refractivity contribution in [1.29, 1.82) is 0 Å². The first-order valence-corrected chi connectivity index (χ1v) is 8.33. The van der Waals surface area contributed by atoms with Gasteiger partial charge in [0.15, 0.2) is 11.6 Å². The number of carbonyl (C=O) groups excluding carboxylic acids is 1. The Hall–Kier alpha value is -3.22. The minimum Gasteiger partial charge on any atom is -0.497 e. The number of aromatic nitrogens is 4. The minimum atomic E-state index is -0.266. The summed E-state index contributed by atoms with van der Waals surface area (Å²) in [7, 11) is 1.64. The lowest BCUT2D eigenvalue weighted by molar-refractivity contribution is -0.119. The van der Waals surface area contributed by atoms with E-state index in [0.29, 0.717) is 18.1 Å². The van der Waals surface area contributed by atoms with Crippen molar-refractivity contribution in [2.75, 3.05) is 7.11 Å². The van der Waals surface area contributed by atoms with Crippen LogP contribution in [0.4, 0.5) is 0 Å². The normalized spacial score (nSPS) is 11.8. The SMILES string of the molecule is COc1ccc(Cc2nc([C@H](C)NC(C)=O)n(-c3ccncc3)n2)cc1. The van der Waals surface area contributed by atoms with E-state index in [0.717, 1.165) is 17.0 Å². The van der Waals surface area contributed by atoms with Gasteiger partial charge in [-0.1, -0.05) is 12.1 Å². The zero-order valence-electron chi connectivity index (χ0n) is 15.0. The maximum atomic E-state index is 11.4. The molecule has 7 nitrogen and oxygen atoms in total. The van der Waals surface area contributed by atoms with Crippen LogP contribution in [-0.2, 0) is 11.2 Å². The maximum absolute atomic E-state index is 11.4. The number of hydrogen-bond acceptors (Lipinski definition) is 5. The van der Waals surface area contributed by atoms with E-state index >= 15 is 0 Å². The quantitative estimate of drug-likeness (QED) is 0.738. The van der Waals surface area contributed by atoms with Gasteiger partial charge in [0.2, 0.25) is 5.91 Å². The topological polar surface area (TPSA) is 81.9 Å². The predicted octanol–water partition coefficient (Wildman–Crippen LogP) is 2.46. The first-order chi connectivity index (χ1) is 12.6. The molecule has 0 aliphatic heterocycles. The van der Waals surface area contributed by atoms with Crippen LogP contribution < -0.4 is 10.1 Å². The average Bonchev–Trinajstić information content (AvgIpc) is 3.06. The molecule has 1 amide bonds. The number of rotatable bonds is 6. The highest BCUT2D eigenvalue weighted by molar-refractivity contribution is 5.73. The molecule has 0 bridgehead atoms. The molecule has 0 saturated carbocycles. The zero-order valence-corrected chi connectivity index (χ0v) is 15.0. The van der Waals surface area contributed by atoms with Crippen LogP contribution >= 0.6 is 0 Å². The van der Waals surface area contributed by atoms with Crippen molar-refractivity contribution >= 4 is 5.91 Å². The molecule has 26 heavy (non-hydrogen) atoms. The van der Waals surface area contributed by atoms with Crippen molar-refractivity contribution in [3.63, 3.8) is 0 Å². The van der Waals surface area contributed by atoms with Gasteiger partial charge in [0, 0.05) is 25.7 Å². The van der Waals surface area contributed by atoms with E-state index in [4.69, 9.17) is 4.74 Å². The number of nitrogens with zero attached hydrogens (tertiary/aromatic N) is 4. The summed E-state index contributed by atoms with van der Waals surface area (Å²) in [4.78, 5) is 20.1. The Balaban J connectivity index is 1.93. The number of nitrogens with one attached hydrogen (secondary N) is 1. The number of ether oxygens (including phenoxy) is 1. The molecule has 3 rings (SSSR count). The fourth-order valence-corrected chi connectivity index (χ4v) is 2.69. The van der Waals surface area contributed by atoms with Gasteiger partial charge in [0.1, 0.15) is 5.75 Å². The van der Waals surface area contributed by atoms with Gasteiger partial charge >= 0.3 is 0 Å². The van der Waals surface area contributed by atoms with Crippen molar-refractivity contribution in [2.24, 2.45) is 0 Å². The van der Waals surface area contributed by atoms with E-state index in [1.165, 1.54) is 6.92 Å². The van der Waals surface area contributed by atoms with Crippen LogP contribution in [0, 0.1) is 0 Å². The number of hydrogen-bond donors (Lipinski definition) is 1. The largest absolute Gasteiger partial charge is 0.497 e. The molecule has 0 unspecified atom stereocenters. The molecule has 2 aromatic heterocycles. The van der Waals surface area contributed by atoms with Gasteiger partial charge in [-0.2, -0.15) is 5.10 Å². The summed E-state index contributed by atoms with van der Waals surface area (Å²) in [5.74, 6) is 2.05. The Morgan fingerprint density at radius 2 is 1.88 bits per heavy atom. The molecule has 1 aromatic carbocycles. The summed E-state index contributed by atoms with van der Waals surface area (Å²) in [6, 6.07) is 11.3. The lowest BCUT2D eigenvalue weighted by Crippen LogP contribution is -2.26. The highest BCUT2D eigenvalue weighted by Crippen LogP contribution is 2.18. The Morgan fingerprint density at radius 3 is 2.50 bits per heavy atom. The highest BCUT2D eigenvalue weighted by atomic mass is 16.5. The fraction of sp³-hybridized carbons (Fsp3) is 0.263. The molecule has 7 heteroatoms. The molecule has 0 radical (unpaired) electrons. The lowest BCUT2D eigenvalue weighted by atomic mass is 10.1. The van der Waals surface area contributed by atoms with Crippen LogP contribution in [0.25, 0.3) is 5.69 Å². The maximum Gasteiger partial charge on any atom is 0.217 e. The second-order valence-corrected chi connectivity index (χ2v) is 5.95. The van der Waals surface area contributed by atoms with Crippen LogP contribution in [-0.4, -0.2) is 32.8 Å². The summed E-state index contributed by atoms with van der Waals surface area (Å²) in [5.41, 5.74) is 1.93. The highest BCUT2D eigenvalue weighted by Gasteiger charge is 2.18. The van der Waals surface area contributed by atoms with E-state index in [9.17, 15) is 4.79 Å². The lowest BCUT2D eigenvalue weighted by Gasteiger charge is -2.13. The molecular weight excluding hydrogens is 330 g/mol. The summed E-state index contributed by atoms with van der Waals surface area (Å²) < 4.78 is 6.94. The molecule has 0 spiro atoms. The van der Waals surface area contributed by atoms with E-state index < -0.39 is 0 Å². The van der Waals surface area contributed by atoms with Gasteiger partial charge in [-0.3, -0.25) is 9.78 Å². The molecule has 0 aliphatic rings. The molecule has 1 N–H and O–H groups in total. The molecule has 1 atom stereocenters. The monoisotopic (exact) mass is 351 g/mol. The molecule has 0 aliphatic carbocycles. The standard InChI is InChI=1S/C19H21N5O2/c1-13(21-14(2)25)19-22-18(12-15-4-6-17(26-3)7-5-15)23-24(19)16-8-10-20-11-9-16/h4-11,13H,12H2,1-3H3,(H,21,25)/t13-/m0/s1. The van der Waals surface area contributed by atoms with Crippen LogP contribution in [0.3, 0.4) is 0 Å². The summed E-state index contributed by atoms with van der Waals surface area (Å²) in [6.45, 7) is 3.38. The van der Waals surface area contributed by atoms with Gasteiger partial charge in [-0.15, -0.1) is 0 Å². The van der Waals surface area contributed by atoms with Crippen molar-refractivity contribution in [1.82, 2.24) is 25.1 Å². The van der Waals surface area contributed by atoms with Crippen LogP contribution in [0.15, 0.2) is 48.8 Å². The molecule has 0 saturated heterocycles. The number of methoxy groups -OCH3 is 1. The second kappa shape index (κ2) is 7.77. The second-order valence-electron chi connectivity index (χ2n) is 5.95. The van der Waals surface area contributed by atoms with E-state index in [1.54, 1.807) is 24.2 Å². The third-order valence-corrected chi connectivity index (χ3v) is 3.91. The number of pyridine rings is 1. The number of carbonyl (C=O) groups is 1. The average molecular weight is 351 g/mol. The van der Waals surface area contributed by atoms with Crippen molar-refractivity contribution in [2.45, 2.75) is 26.3 Å². The van der Waals surface area contributed by atoms with Gasteiger partial charge in [-0.25, -0.2) is 9.67 Å². The van der Waals surface area contributed by atoms with E-state index in [-0.39, 0.29) is 11.9 Å². The van der Waals surface area contributed by atoms with Crippen LogP contribution in [0.2, 0.25) is 0 Å². The minimum absolute atomic E-state index is 0.113. The number of amides is 1. The number of benzene rings is 1. The third-order valence-electron chi connectivity index (χ3n) is 3.91. The Morgan fingerprint density at radius 1 is 1.19 bits per heavy atom. The van der Waals surface area contributed by atoms with Gasteiger partial charge in [0.25, 0.3) is 0 Å². The van der Waals surface area contributed by atoms with Crippen LogP contribution in [0.1, 0.15) is 37.1 Å². The van der Waals surface area contributed by atoms with E-state index in [2.05, 4.69) is 20.4 Å². The van der Waals surface area contributed by atoms with E-state index in [1.807, 2.05) is 43.3 Å². The summed E-state index contributed by atoms with van der Waals surface area (Å²) >= 11 is 0. The summed E-state index contributed by atoms with van der Waals surface area (Å²) in [5, 5.41) is 7.51. The third kappa shape index (κ3) is 4.05. The van der Waals surface area contributed by atoms with Crippen LogP contribution in [0.5, 0.6) is 5.75 Å².